The van der Waals surface area contributed by atoms with Crippen molar-refractivity contribution in [3.05, 3.63) is 64.1 Å². The van der Waals surface area contributed by atoms with Gasteiger partial charge in [0.25, 0.3) is 0 Å². The van der Waals surface area contributed by atoms with Crippen molar-refractivity contribution < 1.29 is 13.2 Å². The summed E-state index contributed by atoms with van der Waals surface area (Å²) >= 11 is 13.8. The van der Waals surface area contributed by atoms with Crippen molar-refractivity contribution in [2.45, 2.75) is 18.6 Å². The molecule has 0 aromatic heterocycles. The van der Waals surface area contributed by atoms with Crippen molar-refractivity contribution in [2.75, 3.05) is 29.4 Å². The lowest BCUT2D eigenvalue weighted by molar-refractivity contribution is -0.121. The standard InChI is InChI=1S/C20H24Cl2N2O3S2/c1-29(26,27)24(18-8-4-7-17(21)14-18)12-5-10-20(25)23-11-13-28-15-16-6-2-3-9-19(16)22/h2-4,6-9,14H,5,10-13,15H2,1H3,(H,23,25). The van der Waals surface area contributed by atoms with Gasteiger partial charge in [-0.15, -0.1) is 0 Å². The van der Waals surface area contributed by atoms with Crippen LogP contribution in [0.25, 0.3) is 0 Å². The maximum atomic E-state index is 12.1. The molecule has 0 radical (unpaired) electrons. The SMILES string of the molecule is CS(=O)(=O)N(CCCC(=O)NCCSCc1ccccc1Cl)c1cccc(Cl)c1. The van der Waals surface area contributed by atoms with Crippen molar-refractivity contribution >= 4 is 56.6 Å². The molecule has 2 aromatic carbocycles. The zero-order chi connectivity index (χ0) is 21.3. The monoisotopic (exact) mass is 474 g/mol. The molecular weight excluding hydrogens is 451 g/mol. The number of thioether (sulfide) groups is 1. The molecule has 2 rings (SSSR count). The summed E-state index contributed by atoms with van der Waals surface area (Å²) in [5.41, 5.74) is 1.57. The Morgan fingerprint density at radius 1 is 1.14 bits per heavy atom. The fourth-order valence-corrected chi connectivity index (χ4v) is 4.94. The minimum atomic E-state index is -3.46. The van der Waals surface area contributed by atoms with E-state index in [0.717, 1.165) is 28.3 Å². The van der Waals surface area contributed by atoms with Gasteiger partial charge in [0.05, 0.1) is 11.9 Å². The van der Waals surface area contributed by atoms with E-state index in [9.17, 15) is 13.2 Å². The lowest BCUT2D eigenvalue weighted by Crippen LogP contribution is -2.32. The Balaban J connectivity index is 1.70. The molecule has 0 aliphatic rings. The normalized spacial score (nSPS) is 11.3. The summed E-state index contributed by atoms with van der Waals surface area (Å²) in [6.45, 7) is 0.770. The van der Waals surface area contributed by atoms with Gasteiger partial charge < -0.3 is 5.32 Å². The molecule has 5 nitrogen and oxygen atoms in total. The molecule has 0 unspecified atom stereocenters. The zero-order valence-corrected chi connectivity index (χ0v) is 19.3. The largest absolute Gasteiger partial charge is 0.355 e. The first-order chi connectivity index (χ1) is 13.8. The molecule has 0 fully saturated rings. The minimum Gasteiger partial charge on any atom is -0.355 e. The van der Waals surface area contributed by atoms with E-state index in [-0.39, 0.29) is 18.9 Å². The Morgan fingerprint density at radius 2 is 1.90 bits per heavy atom. The molecule has 0 bridgehead atoms. The third kappa shape index (κ3) is 8.46. The van der Waals surface area contributed by atoms with Crippen LogP contribution in [-0.4, -0.2) is 39.4 Å². The van der Waals surface area contributed by atoms with Crippen LogP contribution in [0.1, 0.15) is 18.4 Å². The van der Waals surface area contributed by atoms with Crippen LogP contribution in [0.15, 0.2) is 48.5 Å². The summed E-state index contributed by atoms with van der Waals surface area (Å²) in [4.78, 5) is 12.0. The average molecular weight is 475 g/mol. The van der Waals surface area contributed by atoms with E-state index < -0.39 is 10.0 Å². The summed E-state index contributed by atoms with van der Waals surface area (Å²) in [6.07, 6.45) is 1.81. The molecule has 158 valence electrons. The van der Waals surface area contributed by atoms with Crippen LogP contribution in [0.5, 0.6) is 0 Å². The highest BCUT2D eigenvalue weighted by Crippen LogP contribution is 2.22. The molecule has 1 amide bonds. The number of nitrogens with zero attached hydrogens (tertiary/aromatic N) is 1. The molecule has 0 atom stereocenters. The number of rotatable bonds is 11. The Labute approximate surface area is 186 Å². The highest BCUT2D eigenvalue weighted by Gasteiger charge is 2.17. The maximum absolute atomic E-state index is 12.1. The van der Waals surface area contributed by atoms with Crippen molar-refractivity contribution in [2.24, 2.45) is 0 Å². The second kappa shape index (κ2) is 11.7. The predicted molar refractivity (Wildman–Crippen MR) is 123 cm³/mol. The van der Waals surface area contributed by atoms with Gasteiger partial charge in [0.15, 0.2) is 0 Å². The first-order valence-electron chi connectivity index (χ1n) is 9.08. The van der Waals surface area contributed by atoms with E-state index in [1.165, 1.54) is 4.31 Å². The molecule has 2 aromatic rings. The second-order valence-electron chi connectivity index (χ2n) is 6.41. The molecule has 9 heteroatoms. The van der Waals surface area contributed by atoms with E-state index in [1.807, 2.05) is 24.3 Å². The van der Waals surface area contributed by atoms with E-state index in [1.54, 1.807) is 36.0 Å². The first kappa shape index (κ1) is 23.9. The Morgan fingerprint density at radius 3 is 2.59 bits per heavy atom. The second-order valence-corrected chi connectivity index (χ2v) is 10.3. The summed E-state index contributed by atoms with van der Waals surface area (Å²) in [5, 5.41) is 4.07. The number of benzene rings is 2. The fraction of sp³-hybridized carbons (Fsp3) is 0.350. The minimum absolute atomic E-state index is 0.0945. The van der Waals surface area contributed by atoms with Crippen LogP contribution >= 0.6 is 35.0 Å². The molecule has 29 heavy (non-hydrogen) atoms. The van der Waals surface area contributed by atoms with Gasteiger partial charge in [-0.2, -0.15) is 11.8 Å². The topological polar surface area (TPSA) is 66.5 Å². The predicted octanol–water partition coefficient (Wildman–Crippen LogP) is 4.59. The number of hydrogen-bond donors (Lipinski definition) is 1. The molecule has 0 heterocycles. The van der Waals surface area contributed by atoms with Crippen molar-refractivity contribution in [1.29, 1.82) is 0 Å². The fourth-order valence-electron chi connectivity index (χ4n) is 2.65. The lowest BCUT2D eigenvalue weighted by Gasteiger charge is -2.22. The number of halogens is 2. The number of carbonyl (C=O) groups excluding carboxylic acids is 1. The maximum Gasteiger partial charge on any atom is 0.232 e. The first-order valence-corrected chi connectivity index (χ1v) is 12.8. The quantitative estimate of drug-likeness (QED) is 0.483. The zero-order valence-electron chi connectivity index (χ0n) is 16.1. The van der Waals surface area contributed by atoms with Gasteiger partial charge in [-0.3, -0.25) is 9.10 Å². The molecule has 0 aliphatic carbocycles. The highest BCUT2D eigenvalue weighted by molar-refractivity contribution is 7.98. The number of amides is 1. The lowest BCUT2D eigenvalue weighted by atomic mass is 10.2. The number of carbonyl (C=O) groups is 1. The van der Waals surface area contributed by atoms with E-state index in [0.29, 0.717) is 23.7 Å². The van der Waals surface area contributed by atoms with Crippen LogP contribution in [0.4, 0.5) is 5.69 Å². The van der Waals surface area contributed by atoms with Gasteiger partial charge >= 0.3 is 0 Å². The van der Waals surface area contributed by atoms with Gasteiger partial charge in [0.1, 0.15) is 0 Å². The van der Waals surface area contributed by atoms with Crippen molar-refractivity contribution in [3.8, 4) is 0 Å². The third-order valence-electron chi connectivity index (χ3n) is 4.05. The van der Waals surface area contributed by atoms with Crippen LogP contribution < -0.4 is 9.62 Å². The van der Waals surface area contributed by atoms with Crippen LogP contribution in [0, 0.1) is 0 Å². The van der Waals surface area contributed by atoms with Gasteiger partial charge in [-0.1, -0.05) is 47.5 Å². The van der Waals surface area contributed by atoms with Gasteiger partial charge in [-0.05, 0) is 36.2 Å². The van der Waals surface area contributed by atoms with Gasteiger partial charge in [-0.25, -0.2) is 8.42 Å². The smallest absolute Gasteiger partial charge is 0.232 e. The molecule has 0 saturated heterocycles. The van der Waals surface area contributed by atoms with Crippen LogP contribution in [0.3, 0.4) is 0 Å². The van der Waals surface area contributed by atoms with E-state index in [4.69, 9.17) is 23.2 Å². The summed E-state index contributed by atoms with van der Waals surface area (Å²) in [5.74, 6) is 1.47. The Kier molecular flexibility index (Phi) is 9.62. The number of anilines is 1. The highest BCUT2D eigenvalue weighted by atomic mass is 35.5. The Bertz CT molecular complexity index is 923. The third-order valence-corrected chi connectivity index (χ3v) is 6.85. The molecule has 1 N–H and O–H groups in total. The molecule has 0 spiro atoms. The summed E-state index contributed by atoms with van der Waals surface area (Å²) in [7, 11) is -3.46. The molecular formula is C20H24Cl2N2O3S2. The summed E-state index contributed by atoms with van der Waals surface area (Å²) < 4.78 is 25.4. The number of hydrogen-bond acceptors (Lipinski definition) is 4. The van der Waals surface area contributed by atoms with Crippen molar-refractivity contribution in [3.63, 3.8) is 0 Å². The van der Waals surface area contributed by atoms with Crippen LogP contribution in [0.2, 0.25) is 10.0 Å². The summed E-state index contributed by atoms with van der Waals surface area (Å²) in [6, 6.07) is 14.4. The van der Waals surface area contributed by atoms with Crippen molar-refractivity contribution in [1.82, 2.24) is 5.32 Å². The van der Waals surface area contributed by atoms with Gasteiger partial charge in [0, 0.05) is 41.1 Å². The molecule has 0 saturated carbocycles. The van der Waals surface area contributed by atoms with E-state index in [2.05, 4.69) is 5.32 Å². The Hall–Kier alpha value is -1.41. The molecule has 0 aliphatic heterocycles. The van der Waals surface area contributed by atoms with Gasteiger partial charge in [0.2, 0.25) is 15.9 Å². The number of nitrogens with one attached hydrogen (secondary N) is 1. The van der Waals surface area contributed by atoms with E-state index >= 15 is 0 Å². The van der Waals surface area contributed by atoms with Crippen LogP contribution in [-0.2, 0) is 20.6 Å². The number of sulfonamides is 1. The average Bonchev–Trinajstić information content (AvgIpc) is 2.65.